The second-order valence-corrected chi connectivity index (χ2v) is 18.5. The number of hydrogen-bond donors (Lipinski definition) is 0. The van der Waals surface area contributed by atoms with Crippen molar-refractivity contribution in [1.82, 2.24) is 18.7 Å². The van der Waals surface area contributed by atoms with Crippen LogP contribution >= 0.6 is 0 Å². The molecule has 9 rings (SSSR count). The third-order valence-corrected chi connectivity index (χ3v) is 11.1. The van der Waals surface area contributed by atoms with Crippen molar-refractivity contribution in [2.45, 2.75) is 85.4 Å². The summed E-state index contributed by atoms with van der Waals surface area (Å²) in [4.78, 5) is 4.83. The smallest absolute Gasteiger partial charge is 0.509 e. The maximum absolute atomic E-state index is 8.90. The van der Waals surface area contributed by atoms with Gasteiger partial charge in [-0.25, -0.2) is 4.98 Å². The van der Waals surface area contributed by atoms with Gasteiger partial charge in [0.05, 0.1) is 6.85 Å². The van der Waals surface area contributed by atoms with E-state index < -0.39 is 25.0 Å². The van der Waals surface area contributed by atoms with E-state index in [1.165, 1.54) is 0 Å². The van der Waals surface area contributed by atoms with Crippen molar-refractivity contribution in [1.29, 1.82) is 0 Å². The molecule has 1 aliphatic rings. The van der Waals surface area contributed by atoms with Crippen molar-refractivity contribution in [2.24, 2.45) is 0 Å². The summed E-state index contributed by atoms with van der Waals surface area (Å²) in [6.07, 6.45) is 1.77. The first-order valence-electron chi connectivity index (χ1n) is 24.2. The van der Waals surface area contributed by atoms with Crippen molar-refractivity contribution in [3.63, 3.8) is 0 Å². The first-order chi connectivity index (χ1) is 31.8. The summed E-state index contributed by atoms with van der Waals surface area (Å²) in [5.74, 6) is 1.34. The van der Waals surface area contributed by atoms with Crippen molar-refractivity contribution in [3.8, 4) is 28.4 Å². The quantitative estimate of drug-likeness (QED) is 0.123. The molecule has 6 heteroatoms. The predicted octanol–water partition coefficient (Wildman–Crippen LogP) is 14.3. The van der Waals surface area contributed by atoms with Gasteiger partial charge in [0.15, 0.2) is 0 Å². The van der Waals surface area contributed by atoms with E-state index in [0.29, 0.717) is 61.7 Å². The Morgan fingerprint density at radius 3 is 2.10 bits per heavy atom. The summed E-state index contributed by atoms with van der Waals surface area (Å²) in [6.45, 7) is 17.0. The summed E-state index contributed by atoms with van der Waals surface area (Å²) < 4.78 is 81.0. The third-order valence-electron chi connectivity index (χ3n) is 11.1. The number of hydrogen-bond acceptors (Lipinski definition) is 2. The van der Waals surface area contributed by atoms with Gasteiger partial charge >= 0.3 is 32.8 Å². The van der Waals surface area contributed by atoms with Crippen molar-refractivity contribution < 1.29 is 36.8 Å². The molecule has 0 saturated heterocycles. The van der Waals surface area contributed by atoms with Crippen LogP contribution in [0.3, 0.4) is 0 Å². The number of aryl methyl sites for hydroxylation is 1. The standard InChI is InChI=1S/C55H52N4O.Pt/c1-36-17-14-24-48-52(36)58(42-30-39(54(5,6)7)29-40(31-42)55(8,9)10)35-57(48)41-20-15-21-43(33-41)60-44-25-26-46-49(34-44)59(50-32-38(27-28-56-50)53(2,3)4)47-23-16-22-45(51(46)47)37-18-12-11-13-19-37;/h11-32H,1-10H3;/q;+2/i1D3,11D,12D,13D,18D,19D;. The maximum Gasteiger partial charge on any atom is 2.00 e. The van der Waals surface area contributed by atoms with E-state index >= 15 is 0 Å². The molecule has 3 heterocycles. The summed E-state index contributed by atoms with van der Waals surface area (Å²) >= 11 is 0. The van der Waals surface area contributed by atoms with Crippen LogP contribution in [0.1, 0.15) is 95.5 Å². The fraction of sp³-hybridized carbons (Fsp3) is 0.236. The Labute approximate surface area is 386 Å². The van der Waals surface area contributed by atoms with E-state index in [2.05, 4.69) is 98.7 Å². The molecule has 0 aliphatic carbocycles. The van der Waals surface area contributed by atoms with Gasteiger partial charge in [-0.15, -0.1) is 23.6 Å². The number of nitrogens with zero attached hydrogens (tertiary/aromatic N) is 4. The number of aromatic nitrogens is 2. The van der Waals surface area contributed by atoms with Crippen LogP contribution in [0.15, 0.2) is 133 Å². The monoisotopic (exact) mass is 987 g/mol. The molecule has 0 saturated carbocycles. The Hall–Kier alpha value is -5.86. The molecule has 306 valence electrons. The van der Waals surface area contributed by atoms with E-state index in [1.807, 2.05) is 62.2 Å². The Morgan fingerprint density at radius 2 is 1.39 bits per heavy atom. The zero-order valence-electron chi connectivity index (χ0n) is 43.8. The first kappa shape index (κ1) is 32.9. The molecule has 0 radical (unpaired) electrons. The van der Waals surface area contributed by atoms with Crippen LogP contribution in [0.5, 0.6) is 11.5 Å². The average Bonchev–Trinajstić information content (AvgIpc) is 3.83. The van der Waals surface area contributed by atoms with Crippen molar-refractivity contribution >= 4 is 50.6 Å². The average molecular weight is 988 g/mol. The zero-order valence-corrected chi connectivity index (χ0v) is 38.1. The molecule has 1 aliphatic heterocycles. The van der Waals surface area contributed by atoms with Crippen LogP contribution in [0.4, 0.5) is 22.7 Å². The van der Waals surface area contributed by atoms with Gasteiger partial charge in [0, 0.05) is 51.1 Å². The van der Waals surface area contributed by atoms with Gasteiger partial charge in [0.1, 0.15) is 11.5 Å². The van der Waals surface area contributed by atoms with Crippen molar-refractivity contribution in [2.75, 3.05) is 0 Å². The van der Waals surface area contributed by atoms with Gasteiger partial charge in [0.25, 0.3) is 5.69 Å². The summed E-state index contributed by atoms with van der Waals surface area (Å²) in [5, 5.41) is 1.38. The molecule has 2 aromatic heterocycles. The summed E-state index contributed by atoms with van der Waals surface area (Å²) in [7, 11) is 0. The molecule has 0 N–H and O–H groups in total. The fourth-order valence-corrected chi connectivity index (χ4v) is 7.74. The van der Waals surface area contributed by atoms with Gasteiger partial charge < -0.3 is 9.30 Å². The molecule has 6 aromatic carbocycles. The molecule has 5 nitrogen and oxygen atoms in total. The minimum absolute atomic E-state index is 0. The minimum Gasteiger partial charge on any atom is -0.509 e. The van der Waals surface area contributed by atoms with Gasteiger partial charge in [-0.05, 0) is 79.1 Å². The first-order valence-corrected chi connectivity index (χ1v) is 20.2. The van der Waals surface area contributed by atoms with Crippen LogP contribution in [-0.2, 0) is 37.3 Å². The third kappa shape index (κ3) is 7.83. The molecule has 0 spiro atoms. The summed E-state index contributed by atoms with van der Waals surface area (Å²) in [6, 6.07) is 39.0. The van der Waals surface area contributed by atoms with E-state index in [1.54, 1.807) is 36.5 Å². The Kier molecular flexibility index (Phi) is 8.38. The van der Waals surface area contributed by atoms with E-state index in [-0.39, 0.29) is 60.5 Å². The summed E-state index contributed by atoms with van der Waals surface area (Å²) in [5.41, 5.74) is 7.30. The molecule has 0 atom stereocenters. The zero-order chi connectivity index (χ0) is 49.0. The Morgan fingerprint density at radius 1 is 0.705 bits per heavy atom. The van der Waals surface area contributed by atoms with Crippen molar-refractivity contribution in [3.05, 3.63) is 168 Å². The van der Waals surface area contributed by atoms with Gasteiger partial charge in [-0.2, -0.15) is 12.1 Å². The minimum atomic E-state index is -2.42. The van der Waals surface area contributed by atoms with E-state index in [4.69, 9.17) is 20.7 Å². The number of pyridine rings is 1. The SMILES string of the molecule is [2H]c1c([2H])c([2H])c(-c2cccc3c2c2ccc(Oc4[c-]c([N+]5=C=[N+](c6cc(C(C)(C)C)cc(C(C)(C)C)c6)c6c5cccc6C([2H])([2H])[2H])ccc4)[c-]c2n3-c2cc(C(C)(C)C)ccn2)c([2H])c1[2H].[Pt+2]. The molecular formula is C55H52N4OPt+2. The number of ether oxygens (including phenoxy) is 1. The Balaban J connectivity index is 0.00000642. The molecule has 0 amide bonds. The van der Waals surface area contributed by atoms with Gasteiger partial charge in [-0.1, -0.05) is 145 Å². The largest absolute Gasteiger partial charge is 2.00 e. The second-order valence-electron chi connectivity index (χ2n) is 18.5. The van der Waals surface area contributed by atoms with E-state index in [9.17, 15) is 0 Å². The van der Waals surface area contributed by atoms with Crippen LogP contribution in [-0.4, -0.2) is 15.6 Å². The normalized spacial score (nSPS) is 15.0. The molecule has 61 heavy (non-hydrogen) atoms. The van der Waals surface area contributed by atoms with Gasteiger partial charge in [-0.3, -0.25) is 0 Å². The molecule has 0 unspecified atom stereocenters. The second kappa shape index (κ2) is 15.6. The maximum atomic E-state index is 8.90. The topological polar surface area (TPSA) is 33.1 Å². The van der Waals surface area contributed by atoms with Gasteiger partial charge in [0.2, 0.25) is 5.69 Å². The fourth-order valence-electron chi connectivity index (χ4n) is 7.74. The molecule has 8 aromatic rings. The van der Waals surface area contributed by atoms with E-state index in [0.717, 1.165) is 22.4 Å². The van der Waals surface area contributed by atoms with Crippen LogP contribution in [0.25, 0.3) is 38.8 Å². The molecule has 0 bridgehead atoms. The molecule has 0 fully saturated rings. The molecular weight excluding hydrogens is 928 g/mol. The number of fused-ring (bicyclic) bond motifs is 4. The number of benzene rings is 6. The number of rotatable bonds is 6. The number of para-hydroxylation sites is 1. The predicted molar refractivity (Wildman–Crippen MR) is 250 cm³/mol. The van der Waals surface area contributed by atoms with Crippen LogP contribution in [0.2, 0.25) is 0 Å². The van der Waals surface area contributed by atoms with Crippen LogP contribution < -0.4 is 13.9 Å². The Bertz CT molecular complexity index is 3410. The van der Waals surface area contributed by atoms with Crippen LogP contribution in [0, 0.1) is 19.0 Å².